The Kier molecular flexibility index (Phi) is 5.19. The van der Waals surface area contributed by atoms with E-state index >= 15 is 0 Å². The van der Waals surface area contributed by atoms with Gasteiger partial charge in [0.1, 0.15) is 23.3 Å². The minimum Gasteiger partial charge on any atom is -0.496 e. The van der Waals surface area contributed by atoms with Gasteiger partial charge in [0, 0.05) is 0 Å². The van der Waals surface area contributed by atoms with Crippen LogP contribution in [0.25, 0.3) is 0 Å². The first kappa shape index (κ1) is 16.3. The molecule has 2 rings (SSSR count). The molecule has 23 heavy (non-hydrogen) atoms. The predicted molar refractivity (Wildman–Crippen MR) is 80.0 cm³/mol. The van der Waals surface area contributed by atoms with E-state index in [2.05, 4.69) is 10.3 Å². The summed E-state index contributed by atoms with van der Waals surface area (Å²) < 4.78 is 20.1. The number of esters is 1. The molecule has 1 aromatic carbocycles. The third kappa shape index (κ3) is 3.60. The van der Waals surface area contributed by atoms with Gasteiger partial charge < -0.3 is 18.6 Å². The number of anilines is 1. The van der Waals surface area contributed by atoms with Crippen molar-refractivity contribution in [3.05, 3.63) is 35.7 Å². The zero-order chi connectivity index (χ0) is 16.8. The molecule has 0 bridgehead atoms. The van der Waals surface area contributed by atoms with Crippen molar-refractivity contribution in [2.24, 2.45) is 0 Å². The molecular formula is C15H16N2O6. The van der Waals surface area contributed by atoms with Crippen LogP contribution in [0.2, 0.25) is 0 Å². The summed E-state index contributed by atoms with van der Waals surface area (Å²) in [6.07, 6.45) is 1.10. The minimum atomic E-state index is -0.633. The summed E-state index contributed by atoms with van der Waals surface area (Å²) in [7, 11) is 2.88. The Labute approximate surface area is 132 Å². The van der Waals surface area contributed by atoms with E-state index in [1.165, 1.54) is 14.2 Å². The number of amides is 1. The number of nitrogens with zero attached hydrogens (tertiary/aromatic N) is 1. The van der Waals surface area contributed by atoms with Crippen LogP contribution in [0.4, 0.5) is 6.01 Å². The zero-order valence-corrected chi connectivity index (χ0v) is 12.9. The summed E-state index contributed by atoms with van der Waals surface area (Å²) in [6, 6.07) is 4.80. The molecule has 0 radical (unpaired) electrons. The van der Waals surface area contributed by atoms with Gasteiger partial charge in [-0.2, -0.15) is 4.98 Å². The lowest BCUT2D eigenvalue weighted by molar-refractivity contribution is 0.0519. The summed E-state index contributed by atoms with van der Waals surface area (Å²) in [4.78, 5) is 27.8. The Balaban J connectivity index is 2.21. The summed E-state index contributed by atoms with van der Waals surface area (Å²) in [5.41, 5.74) is 0.155. The lowest BCUT2D eigenvalue weighted by Gasteiger charge is -2.11. The average Bonchev–Trinajstić information content (AvgIpc) is 3.02. The third-order valence-corrected chi connectivity index (χ3v) is 2.86. The van der Waals surface area contributed by atoms with Gasteiger partial charge in [0.25, 0.3) is 5.91 Å². The Morgan fingerprint density at radius 1 is 1.22 bits per heavy atom. The monoisotopic (exact) mass is 320 g/mol. The number of carbonyl (C=O) groups excluding carboxylic acids is 2. The van der Waals surface area contributed by atoms with Crippen molar-refractivity contribution >= 4 is 17.9 Å². The van der Waals surface area contributed by atoms with Gasteiger partial charge in [-0.05, 0) is 19.1 Å². The molecule has 0 aliphatic rings. The smallest absolute Gasteiger partial charge is 0.360 e. The highest BCUT2D eigenvalue weighted by Crippen LogP contribution is 2.28. The molecule has 0 atom stereocenters. The maximum atomic E-state index is 12.4. The van der Waals surface area contributed by atoms with E-state index in [0.717, 1.165) is 6.26 Å². The fourth-order valence-electron chi connectivity index (χ4n) is 1.86. The van der Waals surface area contributed by atoms with Crippen molar-refractivity contribution in [1.82, 2.24) is 4.98 Å². The fourth-order valence-corrected chi connectivity index (χ4v) is 1.86. The van der Waals surface area contributed by atoms with E-state index in [9.17, 15) is 9.59 Å². The molecule has 0 spiro atoms. The number of hydrogen-bond acceptors (Lipinski definition) is 7. The summed E-state index contributed by atoms with van der Waals surface area (Å²) >= 11 is 0. The van der Waals surface area contributed by atoms with Crippen LogP contribution < -0.4 is 14.8 Å². The van der Waals surface area contributed by atoms with Gasteiger partial charge >= 0.3 is 12.0 Å². The van der Waals surface area contributed by atoms with E-state index in [1.807, 2.05) is 0 Å². The SMILES string of the molecule is CCOC(=O)c1coc(NC(=O)c2c(OC)cccc2OC)n1. The van der Waals surface area contributed by atoms with E-state index < -0.39 is 11.9 Å². The van der Waals surface area contributed by atoms with Crippen LogP contribution in [0.3, 0.4) is 0 Å². The van der Waals surface area contributed by atoms with Gasteiger partial charge in [-0.3, -0.25) is 10.1 Å². The first-order valence-corrected chi connectivity index (χ1v) is 6.75. The van der Waals surface area contributed by atoms with Crippen molar-refractivity contribution < 1.29 is 28.2 Å². The van der Waals surface area contributed by atoms with Gasteiger partial charge in [-0.1, -0.05) is 6.07 Å². The Bertz CT molecular complexity index is 687. The lowest BCUT2D eigenvalue weighted by atomic mass is 10.1. The molecule has 1 heterocycles. The largest absolute Gasteiger partial charge is 0.496 e. The van der Waals surface area contributed by atoms with Crippen molar-refractivity contribution in [2.75, 3.05) is 26.1 Å². The molecule has 1 amide bonds. The number of carbonyl (C=O) groups is 2. The summed E-state index contributed by atoms with van der Waals surface area (Å²) in [5, 5.41) is 2.44. The van der Waals surface area contributed by atoms with Crippen LogP contribution in [-0.2, 0) is 4.74 Å². The molecule has 0 aliphatic carbocycles. The number of methoxy groups -OCH3 is 2. The molecule has 1 N–H and O–H groups in total. The molecule has 0 saturated carbocycles. The number of ether oxygens (including phenoxy) is 3. The average molecular weight is 320 g/mol. The standard InChI is InChI=1S/C15H16N2O6/c1-4-22-14(19)9-8-23-15(16-9)17-13(18)12-10(20-2)6-5-7-11(12)21-3/h5-8H,4H2,1-3H3,(H,16,17,18). The van der Waals surface area contributed by atoms with Gasteiger partial charge in [-0.25, -0.2) is 4.79 Å². The molecule has 0 fully saturated rings. The number of nitrogens with one attached hydrogen (secondary N) is 1. The fraction of sp³-hybridized carbons (Fsp3) is 0.267. The first-order valence-electron chi connectivity index (χ1n) is 6.75. The first-order chi connectivity index (χ1) is 11.1. The molecule has 8 heteroatoms. The molecule has 0 saturated heterocycles. The molecule has 0 unspecified atom stereocenters. The number of aromatic nitrogens is 1. The number of oxazole rings is 1. The maximum Gasteiger partial charge on any atom is 0.360 e. The van der Waals surface area contributed by atoms with E-state index in [4.69, 9.17) is 18.6 Å². The van der Waals surface area contributed by atoms with E-state index in [-0.39, 0.29) is 23.9 Å². The molecular weight excluding hydrogens is 304 g/mol. The van der Waals surface area contributed by atoms with Crippen LogP contribution in [0.1, 0.15) is 27.8 Å². The minimum absolute atomic E-state index is 0.0332. The second kappa shape index (κ2) is 7.30. The van der Waals surface area contributed by atoms with Crippen LogP contribution in [0.5, 0.6) is 11.5 Å². The summed E-state index contributed by atoms with van der Waals surface area (Å²) in [5.74, 6) is -0.513. The second-order valence-corrected chi connectivity index (χ2v) is 4.25. The molecule has 2 aromatic rings. The van der Waals surface area contributed by atoms with Crippen molar-refractivity contribution in [1.29, 1.82) is 0 Å². The Hall–Kier alpha value is -3.03. The van der Waals surface area contributed by atoms with Gasteiger partial charge in [0.05, 0.1) is 20.8 Å². The molecule has 1 aromatic heterocycles. The van der Waals surface area contributed by atoms with Crippen molar-refractivity contribution in [3.8, 4) is 11.5 Å². The zero-order valence-electron chi connectivity index (χ0n) is 12.9. The molecule has 8 nitrogen and oxygen atoms in total. The van der Waals surface area contributed by atoms with Gasteiger partial charge in [-0.15, -0.1) is 0 Å². The highest BCUT2D eigenvalue weighted by molar-refractivity contribution is 6.07. The number of hydrogen-bond donors (Lipinski definition) is 1. The highest BCUT2D eigenvalue weighted by Gasteiger charge is 2.21. The van der Waals surface area contributed by atoms with Gasteiger partial charge in [0.15, 0.2) is 5.69 Å². The quantitative estimate of drug-likeness (QED) is 0.814. The second-order valence-electron chi connectivity index (χ2n) is 4.25. The topological polar surface area (TPSA) is 99.9 Å². The Morgan fingerprint density at radius 2 is 1.87 bits per heavy atom. The van der Waals surface area contributed by atoms with Crippen molar-refractivity contribution in [2.45, 2.75) is 6.92 Å². The number of benzene rings is 1. The van der Waals surface area contributed by atoms with Gasteiger partial charge in [0.2, 0.25) is 0 Å². The maximum absolute atomic E-state index is 12.4. The van der Waals surface area contributed by atoms with Crippen LogP contribution >= 0.6 is 0 Å². The van der Waals surface area contributed by atoms with E-state index in [0.29, 0.717) is 11.5 Å². The molecule has 0 aliphatic heterocycles. The van der Waals surface area contributed by atoms with Crippen LogP contribution in [0, 0.1) is 0 Å². The highest BCUT2D eigenvalue weighted by atomic mass is 16.5. The van der Waals surface area contributed by atoms with Crippen LogP contribution in [-0.4, -0.2) is 37.7 Å². The lowest BCUT2D eigenvalue weighted by Crippen LogP contribution is -2.15. The van der Waals surface area contributed by atoms with Crippen molar-refractivity contribution in [3.63, 3.8) is 0 Å². The molecule has 122 valence electrons. The Morgan fingerprint density at radius 3 is 2.43 bits per heavy atom. The summed E-state index contributed by atoms with van der Waals surface area (Å²) in [6.45, 7) is 1.89. The predicted octanol–water partition coefficient (Wildman–Crippen LogP) is 2.12. The normalized spacial score (nSPS) is 10.0. The third-order valence-electron chi connectivity index (χ3n) is 2.86. The van der Waals surface area contributed by atoms with E-state index in [1.54, 1.807) is 25.1 Å². The number of rotatable bonds is 6. The van der Waals surface area contributed by atoms with Crippen LogP contribution in [0.15, 0.2) is 28.9 Å².